The monoisotopic (exact) mass is 296 g/mol. The van der Waals surface area contributed by atoms with E-state index in [2.05, 4.69) is 5.32 Å². The number of carbonyl (C=O) groups is 1. The highest BCUT2D eigenvalue weighted by atomic mass is 16.5. The van der Waals surface area contributed by atoms with Crippen LogP contribution in [-0.4, -0.2) is 37.0 Å². The van der Waals surface area contributed by atoms with E-state index in [0.717, 1.165) is 31.0 Å². The SMILES string of the molecule is CN(C(=O)c1ccc(Oc2ccccc2)cc1)C1CCNC1. The van der Waals surface area contributed by atoms with Gasteiger partial charge in [0.05, 0.1) is 0 Å². The Morgan fingerprint density at radius 1 is 1.09 bits per heavy atom. The van der Waals surface area contributed by atoms with Gasteiger partial charge in [-0.25, -0.2) is 0 Å². The largest absolute Gasteiger partial charge is 0.457 e. The molecule has 1 unspecified atom stereocenters. The van der Waals surface area contributed by atoms with E-state index in [1.807, 2.05) is 66.5 Å². The minimum absolute atomic E-state index is 0.0555. The molecule has 0 radical (unpaired) electrons. The number of nitrogens with one attached hydrogen (secondary N) is 1. The summed E-state index contributed by atoms with van der Waals surface area (Å²) >= 11 is 0. The van der Waals surface area contributed by atoms with Gasteiger partial charge in [0.25, 0.3) is 5.91 Å². The third-order valence-corrected chi connectivity index (χ3v) is 3.98. The molecule has 4 nitrogen and oxygen atoms in total. The van der Waals surface area contributed by atoms with Crippen molar-refractivity contribution < 1.29 is 9.53 Å². The Morgan fingerprint density at radius 3 is 2.41 bits per heavy atom. The zero-order valence-electron chi connectivity index (χ0n) is 12.7. The van der Waals surface area contributed by atoms with Crippen LogP contribution in [0.4, 0.5) is 0 Å². The van der Waals surface area contributed by atoms with Crippen molar-refractivity contribution in [3.63, 3.8) is 0 Å². The Labute approximate surface area is 130 Å². The van der Waals surface area contributed by atoms with Crippen LogP contribution in [0.1, 0.15) is 16.8 Å². The number of ether oxygens (including phenoxy) is 1. The number of para-hydroxylation sites is 1. The van der Waals surface area contributed by atoms with Crippen molar-refractivity contribution >= 4 is 5.91 Å². The van der Waals surface area contributed by atoms with Gasteiger partial charge in [-0.1, -0.05) is 18.2 Å². The van der Waals surface area contributed by atoms with E-state index in [4.69, 9.17) is 4.74 Å². The highest BCUT2D eigenvalue weighted by molar-refractivity contribution is 5.94. The molecule has 1 saturated heterocycles. The van der Waals surface area contributed by atoms with E-state index in [0.29, 0.717) is 5.56 Å². The van der Waals surface area contributed by atoms with Crippen LogP contribution in [0.5, 0.6) is 11.5 Å². The summed E-state index contributed by atoms with van der Waals surface area (Å²) in [5.41, 5.74) is 0.690. The van der Waals surface area contributed by atoms with Crippen molar-refractivity contribution in [1.29, 1.82) is 0 Å². The summed E-state index contributed by atoms with van der Waals surface area (Å²) in [6.45, 7) is 1.85. The van der Waals surface area contributed by atoms with E-state index in [1.165, 1.54) is 0 Å². The molecule has 1 amide bonds. The van der Waals surface area contributed by atoms with Gasteiger partial charge in [-0.05, 0) is 49.4 Å². The molecule has 1 atom stereocenters. The van der Waals surface area contributed by atoms with Crippen molar-refractivity contribution in [2.24, 2.45) is 0 Å². The molecule has 2 aromatic rings. The van der Waals surface area contributed by atoms with Crippen molar-refractivity contribution in [3.05, 3.63) is 60.2 Å². The van der Waals surface area contributed by atoms with Gasteiger partial charge in [-0.3, -0.25) is 4.79 Å². The van der Waals surface area contributed by atoms with E-state index < -0.39 is 0 Å². The third-order valence-electron chi connectivity index (χ3n) is 3.98. The van der Waals surface area contributed by atoms with Gasteiger partial charge in [0.1, 0.15) is 11.5 Å². The van der Waals surface area contributed by atoms with Gasteiger partial charge in [-0.15, -0.1) is 0 Å². The maximum Gasteiger partial charge on any atom is 0.253 e. The molecule has 4 heteroatoms. The summed E-state index contributed by atoms with van der Waals surface area (Å²) in [4.78, 5) is 14.3. The van der Waals surface area contributed by atoms with E-state index in [9.17, 15) is 4.79 Å². The van der Waals surface area contributed by atoms with Crippen LogP contribution >= 0.6 is 0 Å². The molecule has 3 rings (SSSR count). The van der Waals surface area contributed by atoms with Crippen LogP contribution < -0.4 is 10.1 Å². The molecule has 22 heavy (non-hydrogen) atoms. The highest BCUT2D eigenvalue weighted by Gasteiger charge is 2.23. The van der Waals surface area contributed by atoms with E-state index in [1.54, 1.807) is 0 Å². The Bertz CT molecular complexity index is 619. The van der Waals surface area contributed by atoms with Crippen LogP contribution in [0.25, 0.3) is 0 Å². The molecule has 1 aliphatic heterocycles. The van der Waals surface area contributed by atoms with Crippen LogP contribution in [0.3, 0.4) is 0 Å². The summed E-state index contributed by atoms with van der Waals surface area (Å²) < 4.78 is 5.74. The van der Waals surface area contributed by atoms with Crippen LogP contribution in [0.2, 0.25) is 0 Å². The lowest BCUT2D eigenvalue weighted by Gasteiger charge is -2.23. The fraction of sp³-hybridized carbons (Fsp3) is 0.278. The Balaban J connectivity index is 1.67. The number of carbonyl (C=O) groups excluding carboxylic acids is 1. The highest BCUT2D eigenvalue weighted by Crippen LogP contribution is 2.22. The minimum atomic E-state index is 0.0555. The summed E-state index contributed by atoms with van der Waals surface area (Å²) in [6, 6.07) is 17.2. The predicted molar refractivity (Wildman–Crippen MR) is 86.3 cm³/mol. The minimum Gasteiger partial charge on any atom is -0.457 e. The zero-order valence-corrected chi connectivity index (χ0v) is 12.7. The summed E-state index contributed by atoms with van der Waals surface area (Å²) in [7, 11) is 1.87. The Morgan fingerprint density at radius 2 is 1.77 bits per heavy atom. The number of rotatable bonds is 4. The molecular formula is C18H20N2O2. The second-order valence-corrected chi connectivity index (χ2v) is 5.50. The first-order valence-corrected chi connectivity index (χ1v) is 7.55. The van der Waals surface area contributed by atoms with Crippen LogP contribution in [0, 0.1) is 0 Å². The van der Waals surface area contributed by atoms with Gasteiger partial charge in [0.15, 0.2) is 0 Å². The zero-order chi connectivity index (χ0) is 15.4. The number of nitrogens with zero attached hydrogens (tertiary/aromatic N) is 1. The number of benzene rings is 2. The van der Waals surface area contributed by atoms with Crippen LogP contribution in [-0.2, 0) is 0 Å². The molecule has 1 N–H and O–H groups in total. The van der Waals surface area contributed by atoms with Gasteiger partial charge >= 0.3 is 0 Å². The quantitative estimate of drug-likeness (QED) is 0.943. The predicted octanol–water partition coefficient (Wildman–Crippen LogP) is 2.91. The first-order chi connectivity index (χ1) is 10.7. The molecule has 1 aliphatic rings. The molecule has 0 bridgehead atoms. The summed E-state index contributed by atoms with van der Waals surface area (Å²) in [5.74, 6) is 1.57. The fourth-order valence-corrected chi connectivity index (χ4v) is 2.63. The van der Waals surface area contributed by atoms with Crippen LogP contribution in [0.15, 0.2) is 54.6 Å². The van der Waals surface area contributed by atoms with E-state index >= 15 is 0 Å². The van der Waals surface area contributed by atoms with Crippen molar-refractivity contribution in [3.8, 4) is 11.5 Å². The lowest BCUT2D eigenvalue weighted by molar-refractivity contribution is 0.0744. The molecule has 0 spiro atoms. The average Bonchev–Trinajstić information content (AvgIpc) is 3.10. The number of amides is 1. The number of likely N-dealkylation sites (N-methyl/N-ethyl adjacent to an activating group) is 1. The first kappa shape index (κ1) is 14.6. The smallest absolute Gasteiger partial charge is 0.253 e. The Kier molecular flexibility index (Phi) is 4.39. The van der Waals surface area contributed by atoms with Crippen molar-refractivity contribution in [1.82, 2.24) is 10.2 Å². The second-order valence-electron chi connectivity index (χ2n) is 5.50. The molecule has 114 valence electrons. The van der Waals surface area contributed by atoms with Crippen molar-refractivity contribution in [2.75, 3.05) is 20.1 Å². The van der Waals surface area contributed by atoms with Gasteiger partial charge in [0.2, 0.25) is 0 Å². The standard InChI is InChI=1S/C18H20N2O2/c1-20(15-11-12-19-13-15)18(21)14-7-9-17(10-8-14)22-16-5-3-2-4-6-16/h2-10,15,19H,11-13H2,1H3. The fourth-order valence-electron chi connectivity index (χ4n) is 2.63. The molecule has 0 aromatic heterocycles. The molecule has 1 fully saturated rings. The van der Waals surface area contributed by atoms with Crippen molar-refractivity contribution in [2.45, 2.75) is 12.5 Å². The summed E-state index contributed by atoms with van der Waals surface area (Å²) in [6.07, 6.45) is 1.01. The lowest BCUT2D eigenvalue weighted by Crippen LogP contribution is -2.38. The van der Waals surface area contributed by atoms with Gasteiger partial charge in [0, 0.05) is 25.2 Å². The third kappa shape index (κ3) is 3.28. The first-order valence-electron chi connectivity index (χ1n) is 7.55. The maximum absolute atomic E-state index is 12.5. The van der Waals surface area contributed by atoms with E-state index in [-0.39, 0.29) is 11.9 Å². The topological polar surface area (TPSA) is 41.6 Å². The normalized spacial score (nSPS) is 17.2. The second kappa shape index (κ2) is 6.62. The molecule has 0 saturated carbocycles. The maximum atomic E-state index is 12.5. The molecule has 0 aliphatic carbocycles. The molecular weight excluding hydrogens is 276 g/mol. The Hall–Kier alpha value is -2.33. The number of hydrogen-bond acceptors (Lipinski definition) is 3. The number of hydrogen-bond donors (Lipinski definition) is 1. The van der Waals surface area contributed by atoms with Gasteiger partial charge < -0.3 is 15.0 Å². The summed E-state index contributed by atoms with van der Waals surface area (Å²) in [5, 5.41) is 3.28. The molecule has 2 aromatic carbocycles. The average molecular weight is 296 g/mol. The lowest BCUT2D eigenvalue weighted by atomic mass is 10.1. The molecule has 1 heterocycles. The van der Waals surface area contributed by atoms with Gasteiger partial charge in [-0.2, -0.15) is 0 Å².